The zero-order valence-corrected chi connectivity index (χ0v) is 12.2. The molecular weight excluding hydrogens is 271 g/mol. The quantitative estimate of drug-likeness (QED) is 0.726. The summed E-state index contributed by atoms with van der Waals surface area (Å²) in [6.45, 7) is 2.66. The minimum Gasteiger partial charge on any atom is -0.481 e. The highest BCUT2D eigenvalue weighted by Gasteiger charge is 2.10. The van der Waals surface area contributed by atoms with E-state index >= 15 is 0 Å². The van der Waals surface area contributed by atoms with Crippen molar-refractivity contribution in [2.24, 2.45) is 5.92 Å². The topological polar surface area (TPSA) is 73.1 Å². The van der Waals surface area contributed by atoms with E-state index in [2.05, 4.69) is 12.2 Å². The van der Waals surface area contributed by atoms with Crippen LogP contribution in [-0.2, 0) is 4.79 Å². The maximum atomic E-state index is 13.7. The van der Waals surface area contributed by atoms with Crippen LogP contribution in [0.1, 0.15) is 44.6 Å². The lowest BCUT2D eigenvalue weighted by molar-refractivity contribution is -0.137. The van der Waals surface area contributed by atoms with E-state index in [1.165, 1.54) is 6.07 Å². The molecule has 4 nitrogen and oxygen atoms in total. The first-order valence-electron chi connectivity index (χ1n) is 7.22. The molecule has 114 valence electrons. The molecule has 0 aliphatic carbocycles. The van der Waals surface area contributed by atoms with Crippen molar-refractivity contribution in [2.45, 2.75) is 39.0 Å². The lowest BCUT2D eigenvalue weighted by Gasteiger charge is -2.16. The zero-order chi connectivity index (χ0) is 15.7. The van der Waals surface area contributed by atoms with Gasteiger partial charge in [0.15, 0.2) is 0 Å². The molecule has 1 rings (SSSR count). The van der Waals surface area contributed by atoms with Crippen LogP contribution in [0, 0.1) is 23.1 Å². The Bertz CT molecular complexity index is 511. The Morgan fingerprint density at radius 3 is 2.76 bits per heavy atom. The standard InChI is InChI=1S/C16H21FN2O2/c1-2-3-12(5-7-16(20)21)8-9-19-15-6-4-13(11-18)10-14(15)17/h4,6,10,12,19H,2-3,5,7-9H2,1H3,(H,20,21). The molecule has 0 spiro atoms. The van der Waals surface area contributed by atoms with Gasteiger partial charge >= 0.3 is 5.97 Å². The van der Waals surface area contributed by atoms with E-state index in [0.717, 1.165) is 19.3 Å². The van der Waals surface area contributed by atoms with Crippen LogP contribution in [0.5, 0.6) is 0 Å². The third-order valence-corrected chi connectivity index (χ3v) is 3.43. The van der Waals surface area contributed by atoms with Gasteiger partial charge in [-0.05, 0) is 37.0 Å². The molecule has 2 N–H and O–H groups in total. The third kappa shape index (κ3) is 6.26. The molecule has 0 bridgehead atoms. The second-order valence-electron chi connectivity index (χ2n) is 5.11. The van der Waals surface area contributed by atoms with Crippen molar-refractivity contribution in [1.82, 2.24) is 0 Å². The summed E-state index contributed by atoms with van der Waals surface area (Å²) in [5.41, 5.74) is 0.672. The van der Waals surface area contributed by atoms with E-state index in [1.54, 1.807) is 12.1 Å². The largest absolute Gasteiger partial charge is 0.481 e. The molecule has 0 aliphatic heterocycles. The van der Waals surface area contributed by atoms with E-state index in [0.29, 0.717) is 30.1 Å². The van der Waals surface area contributed by atoms with Crippen LogP contribution < -0.4 is 5.32 Å². The van der Waals surface area contributed by atoms with Crippen LogP contribution >= 0.6 is 0 Å². The molecule has 5 heteroatoms. The minimum atomic E-state index is -0.776. The van der Waals surface area contributed by atoms with Crippen molar-refractivity contribution in [2.75, 3.05) is 11.9 Å². The summed E-state index contributed by atoms with van der Waals surface area (Å²) in [6, 6.07) is 6.22. The van der Waals surface area contributed by atoms with Gasteiger partial charge in [-0.15, -0.1) is 0 Å². The number of rotatable bonds is 9. The molecular formula is C16H21FN2O2. The van der Waals surface area contributed by atoms with E-state index in [4.69, 9.17) is 10.4 Å². The van der Waals surface area contributed by atoms with E-state index < -0.39 is 11.8 Å². The average molecular weight is 292 g/mol. The predicted molar refractivity (Wildman–Crippen MR) is 79.5 cm³/mol. The van der Waals surface area contributed by atoms with Gasteiger partial charge in [-0.3, -0.25) is 4.79 Å². The number of carboxylic acid groups (broad SMARTS) is 1. The summed E-state index contributed by atoms with van der Waals surface area (Å²) in [5, 5.41) is 20.4. The van der Waals surface area contributed by atoms with Crippen LogP contribution in [0.2, 0.25) is 0 Å². The molecule has 1 aromatic carbocycles. The number of nitrogens with one attached hydrogen (secondary N) is 1. The highest BCUT2D eigenvalue weighted by Crippen LogP contribution is 2.20. The molecule has 0 aliphatic rings. The van der Waals surface area contributed by atoms with E-state index in [9.17, 15) is 9.18 Å². The van der Waals surface area contributed by atoms with Crippen molar-refractivity contribution in [3.63, 3.8) is 0 Å². The second-order valence-corrected chi connectivity index (χ2v) is 5.11. The van der Waals surface area contributed by atoms with Crippen LogP contribution in [0.25, 0.3) is 0 Å². The molecule has 21 heavy (non-hydrogen) atoms. The Morgan fingerprint density at radius 2 is 2.19 bits per heavy atom. The Hall–Kier alpha value is -2.09. The second kappa shape index (κ2) is 8.96. The Labute approximate surface area is 124 Å². The number of hydrogen-bond donors (Lipinski definition) is 2. The highest BCUT2D eigenvalue weighted by atomic mass is 19.1. The SMILES string of the molecule is CCCC(CCNc1ccc(C#N)cc1F)CCC(=O)O. The van der Waals surface area contributed by atoms with Gasteiger partial charge in [0.2, 0.25) is 0 Å². The van der Waals surface area contributed by atoms with Gasteiger partial charge in [0.05, 0.1) is 17.3 Å². The fraction of sp³-hybridized carbons (Fsp3) is 0.500. The Morgan fingerprint density at radius 1 is 1.43 bits per heavy atom. The first-order valence-corrected chi connectivity index (χ1v) is 7.22. The van der Waals surface area contributed by atoms with Crippen molar-refractivity contribution >= 4 is 11.7 Å². The van der Waals surface area contributed by atoms with Crippen molar-refractivity contribution in [3.05, 3.63) is 29.6 Å². The summed E-state index contributed by atoms with van der Waals surface area (Å²) in [7, 11) is 0. The van der Waals surface area contributed by atoms with Crippen molar-refractivity contribution in [3.8, 4) is 6.07 Å². The number of carboxylic acids is 1. The zero-order valence-electron chi connectivity index (χ0n) is 12.2. The number of anilines is 1. The van der Waals surface area contributed by atoms with Gasteiger partial charge in [0.25, 0.3) is 0 Å². The van der Waals surface area contributed by atoms with Crippen molar-refractivity contribution < 1.29 is 14.3 Å². The summed E-state index contributed by atoms with van der Waals surface area (Å²) in [5.74, 6) is -0.881. The molecule has 0 fully saturated rings. The Balaban J connectivity index is 2.46. The fourth-order valence-corrected chi connectivity index (χ4v) is 2.31. The van der Waals surface area contributed by atoms with Gasteiger partial charge in [-0.2, -0.15) is 5.26 Å². The number of halogens is 1. The normalized spacial score (nSPS) is 11.7. The van der Waals surface area contributed by atoms with Gasteiger partial charge in [0.1, 0.15) is 5.82 Å². The number of nitriles is 1. The number of carbonyl (C=O) groups is 1. The highest BCUT2D eigenvalue weighted by molar-refractivity contribution is 5.66. The van der Waals surface area contributed by atoms with Crippen LogP contribution in [-0.4, -0.2) is 17.6 Å². The summed E-state index contributed by atoms with van der Waals surface area (Å²) in [6.07, 6.45) is 3.62. The first kappa shape index (κ1) is 17.0. The lowest BCUT2D eigenvalue weighted by Crippen LogP contribution is -2.11. The number of benzene rings is 1. The maximum Gasteiger partial charge on any atom is 0.303 e. The average Bonchev–Trinajstić information content (AvgIpc) is 2.46. The van der Waals surface area contributed by atoms with Gasteiger partial charge in [-0.1, -0.05) is 19.8 Å². The molecule has 0 heterocycles. The van der Waals surface area contributed by atoms with Crippen LogP contribution in [0.3, 0.4) is 0 Å². The van der Waals surface area contributed by atoms with Gasteiger partial charge < -0.3 is 10.4 Å². The minimum absolute atomic E-state index is 0.176. The fourth-order valence-electron chi connectivity index (χ4n) is 2.31. The molecule has 0 aromatic heterocycles. The lowest BCUT2D eigenvalue weighted by atomic mass is 9.94. The number of aliphatic carboxylic acids is 1. The predicted octanol–water partition coefficient (Wildman–Crippen LogP) is 3.78. The number of hydrogen-bond acceptors (Lipinski definition) is 3. The monoisotopic (exact) mass is 292 g/mol. The van der Waals surface area contributed by atoms with Crippen molar-refractivity contribution in [1.29, 1.82) is 5.26 Å². The van der Waals surface area contributed by atoms with E-state index in [-0.39, 0.29) is 6.42 Å². The molecule has 0 amide bonds. The Kier molecular flexibility index (Phi) is 7.24. The van der Waals surface area contributed by atoms with Crippen LogP contribution in [0.4, 0.5) is 10.1 Å². The molecule has 0 saturated carbocycles. The summed E-state index contributed by atoms with van der Waals surface area (Å²) in [4.78, 5) is 10.6. The molecule has 0 radical (unpaired) electrons. The number of nitrogens with zero attached hydrogens (tertiary/aromatic N) is 1. The van der Waals surface area contributed by atoms with E-state index in [1.807, 2.05) is 6.07 Å². The van der Waals surface area contributed by atoms with Gasteiger partial charge in [0, 0.05) is 13.0 Å². The maximum absolute atomic E-state index is 13.7. The summed E-state index contributed by atoms with van der Waals surface area (Å²) < 4.78 is 13.7. The molecule has 1 unspecified atom stereocenters. The summed E-state index contributed by atoms with van der Waals surface area (Å²) >= 11 is 0. The van der Waals surface area contributed by atoms with Gasteiger partial charge in [-0.25, -0.2) is 4.39 Å². The van der Waals surface area contributed by atoms with Crippen LogP contribution in [0.15, 0.2) is 18.2 Å². The molecule has 0 saturated heterocycles. The first-order chi connectivity index (χ1) is 10.1. The molecule has 1 aromatic rings. The smallest absolute Gasteiger partial charge is 0.303 e. The molecule has 1 atom stereocenters. The third-order valence-electron chi connectivity index (χ3n) is 3.43.